The number of thioether (sulfide) groups is 1. The van der Waals surface area contributed by atoms with Gasteiger partial charge in [-0.1, -0.05) is 18.9 Å². The van der Waals surface area contributed by atoms with Crippen LogP contribution in [-0.2, 0) is 14.4 Å². The number of carbonyl (C=O) groups excluding carboxylic acids is 5. The molecule has 3 unspecified atom stereocenters. The summed E-state index contributed by atoms with van der Waals surface area (Å²) in [6.07, 6.45) is 4.71. The number of fused-ring (bicyclic) bond motifs is 2. The molecule has 3 aliphatic rings. The van der Waals surface area contributed by atoms with E-state index in [2.05, 4.69) is 0 Å². The maximum atomic E-state index is 13.3. The molecule has 2 aliphatic heterocycles. The lowest BCUT2D eigenvalue weighted by Crippen LogP contribution is -2.54. The molecule has 3 atom stereocenters. The largest absolute Gasteiger partial charge is 0.398 e. The van der Waals surface area contributed by atoms with Crippen LogP contribution >= 0.6 is 11.8 Å². The smallest absolute Gasteiger partial charge is 0.270 e. The normalized spacial score (nSPS) is 24.7. The Labute approximate surface area is 171 Å². The molecule has 2 heterocycles. The number of anilines is 1. The molecule has 152 valence electrons. The van der Waals surface area contributed by atoms with Crippen molar-refractivity contribution in [3.8, 4) is 0 Å². The first-order chi connectivity index (χ1) is 13.9. The zero-order chi connectivity index (χ0) is 20.9. The molecule has 0 aromatic heterocycles. The van der Waals surface area contributed by atoms with Crippen LogP contribution in [0.2, 0.25) is 0 Å². The van der Waals surface area contributed by atoms with Gasteiger partial charge in [-0.3, -0.25) is 28.9 Å². The number of nitrogens with zero attached hydrogens (tertiary/aromatic N) is 2. The number of nitrogens with two attached hydrogens (primary N) is 1. The van der Waals surface area contributed by atoms with Crippen LogP contribution in [0.25, 0.3) is 0 Å². The average Bonchev–Trinajstić information content (AvgIpc) is 3.12. The van der Waals surface area contributed by atoms with Crippen molar-refractivity contribution in [2.24, 2.45) is 11.8 Å². The predicted octanol–water partition coefficient (Wildman–Crippen LogP) is 1.30. The summed E-state index contributed by atoms with van der Waals surface area (Å²) in [5, 5.41) is 0. The van der Waals surface area contributed by atoms with Crippen LogP contribution in [0.4, 0.5) is 5.69 Å². The summed E-state index contributed by atoms with van der Waals surface area (Å²) in [6, 6.07) is 3.25. The van der Waals surface area contributed by atoms with E-state index in [0.717, 1.165) is 17.7 Å². The van der Waals surface area contributed by atoms with E-state index in [4.69, 9.17) is 5.73 Å². The van der Waals surface area contributed by atoms with E-state index in [1.807, 2.05) is 0 Å². The highest BCUT2D eigenvalue weighted by atomic mass is 32.2. The van der Waals surface area contributed by atoms with Gasteiger partial charge in [0.25, 0.3) is 17.7 Å². The lowest BCUT2D eigenvalue weighted by Gasteiger charge is -2.27. The first-order valence-corrected chi connectivity index (χ1v) is 10.9. The quantitative estimate of drug-likeness (QED) is 0.582. The fraction of sp³-hybridized carbons (Fsp3) is 0.450. The summed E-state index contributed by atoms with van der Waals surface area (Å²) in [4.78, 5) is 66.3. The van der Waals surface area contributed by atoms with Crippen LogP contribution in [0, 0.1) is 11.8 Å². The molecule has 1 aromatic rings. The van der Waals surface area contributed by atoms with E-state index >= 15 is 0 Å². The van der Waals surface area contributed by atoms with Crippen molar-refractivity contribution in [1.82, 2.24) is 9.80 Å². The topological polar surface area (TPSA) is 118 Å². The Hall–Kier alpha value is -2.68. The second kappa shape index (κ2) is 7.29. The standard InChI is InChI=1S/C20H21N3O5S/c1-29-9-14(22-16(24)10-5-2-3-6-11(10)17(22)25)19(27)23-18(26)12-7-4-8-13(21)15(12)20(23)28/h4,7-8,10-11,14H,2-3,5-6,9,21H2,1H3. The van der Waals surface area contributed by atoms with E-state index in [1.165, 1.54) is 30.0 Å². The maximum Gasteiger partial charge on any atom is 0.270 e. The molecular weight excluding hydrogens is 394 g/mol. The number of likely N-dealkylation sites (tertiary alicyclic amines) is 1. The Bertz CT molecular complexity index is 922. The minimum atomic E-state index is -1.20. The van der Waals surface area contributed by atoms with Gasteiger partial charge in [-0.05, 0) is 31.2 Å². The van der Waals surface area contributed by atoms with Crippen molar-refractivity contribution >= 4 is 47.0 Å². The van der Waals surface area contributed by atoms with Crippen molar-refractivity contribution in [2.75, 3.05) is 17.7 Å². The summed E-state index contributed by atoms with van der Waals surface area (Å²) in [5.41, 5.74) is 5.98. The van der Waals surface area contributed by atoms with Crippen LogP contribution < -0.4 is 5.73 Å². The van der Waals surface area contributed by atoms with Gasteiger partial charge >= 0.3 is 0 Å². The van der Waals surface area contributed by atoms with Crippen LogP contribution in [0.3, 0.4) is 0 Å². The molecule has 5 amide bonds. The molecule has 0 bridgehead atoms. The van der Waals surface area contributed by atoms with E-state index in [9.17, 15) is 24.0 Å². The monoisotopic (exact) mass is 415 g/mol. The Morgan fingerprint density at radius 2 is 1.72 bits per heavy atom. The van der Waals surface area contributed by atoms with Crippen molar-refractivity contribution < 1.29 is 24.0 Å². The van der Waals surface area contributed by atoms with Crippen molar-refractivity contribution in [1.29, 1.82) is 0 Å². The predicted molar refractivity (Wildman–Crippen MR) is 106 cm³/mol. The highest BCUT2D eigenvalue weighted by Gasteiger charge is 2.54. The molecule has 0 radical (unpaired) electrons. The maximum absolute atomic E-state index is 13.3. The minimum absolute atomic E-state index is 0.0125. The van der Waals surface area contributed by atoms with E-state index in [0.29, 0.717) is 17.7 Å². The van der Waals surface area contributed by atoms with Gasteiger partial charge in [-0.15, -0.1) is 0 Å². The third-order valence-corrected chi connectivity index (χ3v) is 6.61. The fourth-order valence-corrected chi connectivity index (χ4v) is 5.18. The Morgan fingerprint density at radius 3 is 2.28 bits per heavy atom. The van der Waals surface area contributed by atoms with E-state index in [1.54, 1.807) is 6.26 Å². The van der Waals surface area contributed by atoms with Gasteiger partial charge < -0.3 is 5.73 Å². The van der Waals surface area contributed by atoms with Gasteiger partial charge in [0.05, 0.1) is 23.0 Å². The zero-order valence-corrected chi connectivity index (χ0v) is 16.7. The van der Waals surface area contributed by atoms with Gasteiger partial charge in [-0.25, -0.2) is 4.90 Å². The first-order valence-electron chi connectivity index (χ1n) is 9.55. The molecule has 2 N–H and O–H groups in total. The second-order valence-corrected chi connectivity index (χ2v) is 8.48. The summed E-state index contributed by atoms with van der Waals surface area (Å²) < 4.78 is 0. The van der Waals surface area contributed by atoms with Gasteiger partial charge in [0, 0.05) is 11.4 Å². The van der Waals surface area contributed by atoms with E-state index < -0.39 is 35.6 Å². The van der Waals surface area contributed by atoms with Gasteiger partial charge in [-0.2, -0.15) is 11.8 Å². The van der Waals surface area contributed by atoms with Crippen molar-refractivity contribution in [3.05, 3.63) is 29.3 Å². The van der Waals surface area contributed by atoms with Crippen LogP contribution in [0.15, 0.2) is 18.2 Å². The fourth-order valence-electron chi connectivity index (χ4n) is 4.57. The highest BCUT2D eigenvalue weighted by molar-refractivity contribution is 7.98. The Balaban J connectivity index is 1.68. The first kappa shape index (κ1) is 19.6. The molecule has 1 aliphatic carbocycles. The SMILES string of the molecule is CSCC(C(=O)N1C(=O)c2cccc(N)c2C1=O)N1C(=O)C2CCCCC2C1=O. The van der Waals surface area contributed by atoms with Crippen LogP contribution in [0.5, 0.6) is 0 Å². The number of carbonyl (C=O) groups is 5. The number of rotatable bonds is 4. The highest BCUT2D eigenvalue weighted by Crippen LogP contribution is 2.40. The third-order valence-electron chi connectivity index (χ3n) is 5.96. The Kier molecular flexibility index (Phi) is 4.94. The molecule has 8 nitrogen and oxygen atoms in total. The summed E-state index contributed by atoms with van der Waals surface area (Å²) in [5.74, 6) is -3.90. The van der Waals surface area contributed by atoms with Crippen LogP contribution in [-0.4, -0.2) is 57.4 Å². The Morgan fingerprint density at radius 1 is 1.10 bits per heavy atom. The van der Waals surface area contributed by atoms with Gasteiger partial charge in [0.2, 0.25) is 11.8 Å². The molecule has 1 saturated carbocycles. The summed E-state index contributed by atoms with van der Waals surface area (Å²) >= 11 is 1.27. The number of hydrogen-bond acceptors (Lipinski definition) is 7. The number of benzene rings is 1. The summed E-state index contributed by atoms with van der Waals surface area (Å²) in [7, 11) is 0. The van der Waals surface area contributed by atoms with Crippen LogP contribution in [0.1, 0.15) is 46.4 Å². The molecule has 2 fully saturated rings. The number of imide groups is 4. The van der Waals surface area contributed by atoms with Crippen molar-refractivity contribution in [3.63, 3.8) is 0 Å². The minimum Gasteiger partial charge on any atom is -0.398 e. The molecule has 29 heavy (non-hydrogen) atoms. The number of nitrogen functional groups attached to an aromatic ring is 1. The second-order valence-electron chi connectivity index (χ2n) is 7.57. The average molecular weight is 415 g/mol. The van der Waals surface area contributed by atoms with E-state index in [-0.39, 0.29) is 34.4 Å². The zero-order valence-electron chi connectivity index (χ0n) is 15.9. The number of hydrogen-bond donors (Lipinski definition) is 1. The lowest BCUT2D eigenvalue weighted by molar-refractivity contribution is -0.149. The van der Waals surface area contributed by atoms with Crippen molar-refractivity contribution in [2.45, 2.75) is 31.7 Å². The molecule has 1 aromatic carbocycles. The molecule has 0 spiro atoms. The van der Waals surface area contributed by atoms with Gasteiger partial charge in [0.1, 0.15) is 6.04 Å². The summed E-state index contributed by atoms with van der Waals surface area (Å²) in [6.45, 7) is 0. The molecule has 4 rings (SSSR count). The molecule has 9 heteroatoms. The van der Waals surface area contributed by atoms with Gasteiger partial charge in [0.15, 0.2) is 0 Å². The third kappa shape index (κ3) is 2.87. The molecule has 1 saturated heterocycles. The molecular formula is C20H21N3O5S. The lowest BCUT2D eigenvalue weighted by atomic mass is 9.81. The number of amides is 5.